The number of benzene rings is 6. The van der Waals surface area contributed by atoms with Crippen molar-refractivity contribution in [3.8, 4) is 28.2 Å². The van der Waals surface area contributed by atoms with E-state index in [1.165, 1.54) is 43.8 Å². The number of para-hydroxylation sites is 3. The number of pyridine rings is 1. The number of imidazole rings is 1. The van der Waals surface area contributed by atoms with Gasteiger partial charge >= 0.3 is 0 Å². The minimum absolute atomic E-state index is 0.939. The third-order valence-electron chi connectivity index (χ3n) is 8.84. The molecule has 0 atom stereocenters. The van der Waals surface area contributed by atoms with Gasteiger partial charge in [-0.2, -0.15) is 0 Å². The largest absolute Gasteiger partial charge is 0.292 e. The van der Waals surface area contributed by atoms with Crippen molar-refractivity contribution in [3.63, 3.8) is 0 Å². The fraction of sp³-hybridized carbons (Fsp3) is 0.0500. The molecule has 6 aromatic carbocycles. The van der Waals surface area contributed by atoms with E-state index in [9.17, 15) is 0 Å². The van der Waals surface area contributed by atoms with Crippen molar-refractivity contribution in [3.05, 3.63) is 145 Å². The minimum Gasteiger partial charge on any atom is -0.292 e. The number of allylic oxidation sites excluding steroid dienone is 1. The van der Waals surface area contributed by atoms with Gasteiger partial charge in [0.2, 0.25) is 0 Å². The highest BCUT2D eigenvalue weighted by Gasteiger charge is 2.19. The zero-order chi connectivity index (χ0) is 28.3. The summed E-state index contributed by atoms with van der Waals surface area (Å²) in [5, 5.41) is 4.77. The first-order valence-electron chi connectivity index (χ1n) is 14.9. The van der Waals surface area contributed by atoms with E-state index < -0.39 is 0 Å². The molecular weight excluding hydrogens is 522 g/mol. The second-order valence-corrected chi connectivity index (χ2v) is 11.3. The second kappa shape index (κ2) is 9.50. The summed E-state index contributed by atoms with van der Waals surface area (Å²) in [5.74, 6) is 0.939. The highest BCUT2D eigenvalue weighted by atomic mass is 15.1. The van der Waals surface area contributed by atoms with Gasteiger partial charge in [0.15, 0.2) is 0 Å². The Morgan fingerprint density at radius 3 is 2.21 bits per heavy atom. The van der Waals surface area contributed by atoms with E-state index in [1.807, 2.05) is 0 Å². The van der Waals surface area contributed by atoms with Crippen LogP contribution >= 0.6 is 0 Å². The van der Waals surface area contributed by atoms with Crippen molar-refractivity contribution >= 4 is 49.7 Å². The molecule has 0 amide bonds. The molecule has 3 nitrogen and oxygen atoms in total. The lowest BCUT2D eigenvalue weighted by Crippen LogP contribution is -1.99. The molecule has 1 aliphatic rings. The first kappa shape index (κ1) is 24.1. The molecule has 8 aromatic rings. The van der Waals surface area contributed by atoms with Crippen LogP contribution in [-0.2, 0) is 6.42 Å². The average molecular weight is 550 g/mol. The quantitative estimate of drug-likeness (QED) is 0.162. The van der Waals surface area contributed by atoms with Crippen LogP contribution in [0.2, 0.25) is 0 Å². The molecule has 0 radical (unpaired) electrons. The standard InChI is InChI=1S/C40H27N3/c1-2-12-30(13-3-1)43-36-17-9-8-16-35(36)41-40(43)29-20-18-28(19-21-29)37-33-24-22-26-10-4-6-14-31(26)38(33)42-39-32-15-7-5-11-27(32)23-25-34(37)39/h1-4,6-10,12-25H,5,11H2. The number of hydrogen-bond acceptors (Lipinski definition) is 2. The van der Waals surface area contributed by atoms with E-state index in [1.54, 1.807) is 0 Å². The Morgan fingerprint density at radius 1 is 0.558 bits per heavy atom. The topological polar surface area (TPSA) is 30.7 Å². The number of aromatic nitrogens is 3. The Morgan fingerprint density at radius 2 is 1.30 bits per heavy atom. The highest BCUT2D eigenvalue weighted by Crippen LogP contribution is 2.41. The third kappa shape index (κ3) is 3.75. The Hall–Kier alpha value is -5.54. The first-order valence-corrected chi connectivity index (χ1v) is 14.9. The molecule has 9 rings (SSSR count). The van der Waals surface area contributed by atoms with E-state index >= 15 is 0 Å². The molecule has 0 N–H and O–H groups in total. The molecule has 0 spiro atoms. The molecule has 202 valence electrons. The van der Waals surface area contributed by atoms with Gasteiger partial charge in [0.05, 0.1) is 22.1 Å². The van der Waals surface area contributed by atoms with E-state index in [0.717, 1.165) is 52.0 Å². The molecule has 0 unspecified atom stereocenters. The third-order valence-corrected chi connectivity index (χ3v) is 8.84. The lowest BCUT2D eigenvalue weighted by molar-refractivity contribution is 0.988. The van der Waals surface area contributed by atoms with E-state index in [4.69, 9.17) is 9.97 Å². The van der Waals surface area contributed by atoms with Crippen LogP contribution in [0.4, 0.5) is 0 Å². The Labute approximate surface area is 249 Å². The maximum atomic E-state index is 5.38. The maximum Gasteiger partial charge on any atom is 0.145 e. The van der Waals surface area contributed by atoms with Gasteiger partial charge < -0.3 is 0 Å². The molecule has 3 heteroatoms. The van der Waals surface area contributed by atoms with Gasteiger partial charge in [-0.3, -0.25) is 4.57 Å². The summed E-state index contributed by atoms with van der Waals surface area (Å²) in [6.07, 6.45) is 6.69. The molecule has 0 aliphatic heterocycles. The normalized spacial score (nSPS) is 12.8. The Bertz CT molecular complexity index is 2380. The van der Waals surface area contributed by atoms with Crippen LogP contribution < -0.4 is 0 Å². The van der Waals surface area contributed by atoms with Crippen LogP contribution in [-0.4, -0.2) is 14.5 Å². The Kier molecular flexibility index (Phi) is 5.32. The van der Waals surface area contributed by atoms with Gasteiger partial charge in [-0.15, -0.1) is 0 Å². The first-order chi connectivity index (χ1) is 21.3. The van der Waals surface area contributed by atoms with E-state index in [2.05, 4.69) is 144 Å². The predicted molar refractivity (Wildman–Crippen MR) is 180 cm³/mol. The Balaban J connectivity index is 1.29. The maximum absolute atomic E-state index is 5.38. The summed E-state index contributed by atoms with van der Waals surface area (Å²) in [7, 11) is 0. The van der Waals surface area contributed by atoms with Crippen molar-refractivity contribution in [2.45, 2.75) is 12.8 Å². The fourth-order valence-electron chi connectivity index (χ4n) is 6.81. The molecule has 0 saturated heterocycles. The number of rotatable bonds is 3. The number of hydrogen-bond donors (Lipinski definition) is 0. The minimum atomic E-state index is 0.939. The van der Waals surface area contributed by atoms with Crippen LogP contribution in [0.15, 0.2) is 133 Å². The van der Waals surface area contributed by atoms with Gasteiger partial charge in [0.1, 0.15) is 5.82 Å². The summed E-state index contributed by atoms with van der Waals surface area (Å²) in [6.45, 7) is 0. The smallest absolute Gasteiger partial charge is 0.145 e. The van der Waals surface area contributed by atoms with E-state index in [0.29, 0.717) is 0 Å². The molecular formula is C40H27N3. The number of aryl methyl sites for hydroxylation is 1. The average Bonchev–Trinajstić information content (AvgIpc) is 3.47. The lowest BCUT2D eigenvalue weighted by Gasteiger charge is -2.18. The summed E-state index contributed by atoms with van der Waals surface area (Å²) in [4.78, 5) is 10.5. The van der Waals surface area contributed by atoms with Crippen LogP contribution in [0, 0.1) is 0 Å². The molecule has 43 heavy (non-hydrogen) atoms. The molecule has 2 heterocycles. The van der Waals surface area contributed by atoms with Crippen molar-refractivity contribution in [2.75, 3.05) is 0 Å². The fourth-order valence-corrected chi connectivity index (χ4v) is 6.81. The molecule has 1 aliphatic carbocycles. The van der Waals surface area contributed by atoms with Crippen molar-refractivity contribution in [1.82, 2.24) is 14.5 Å². The van der Waals surface area contributed by atoms with Crippen LogP contribution in [0.3, 0.4) is 0 Å². The number of fused-ring (bicyclic) bond motifs is 7. The summed E-state index contributed by atoms with van der Waals surface area (Å²) in [5.41, 5.74) is 11.5. The monoisotopic (exact) mass is 549 g/mol. The molecule has 2 aromatic heterocycles. The second-order valence-electron chi connectivity index (χ2n) is 11.3. The molecule has 0 bridgehead atoms. The van der Waals surface area contributed by atoms with E-state index in [-0.39, 0.29) is 0 Å². The van der Waals surface area contributed by atoms with Crippen LogP contribution in [0.5, 0.6) is 0 Å². The predicted octanol–water partition coefficient (Wildman–Crippen LogP) is 10.2. The van der Waals surface area contributed by atoms with Gasteiger partial charge in [-0.1, -0.05) is 115 Å². The van der Waals surface area contributed by atoms with Crippen molar-refractivity contribution in [2.24, 2.45) is 0 Å². The van der Waals surface area contributed by atoms with Gasteiger partial charge in [-0.05, 0) is 53.6 Å². The van der Waals surface area contributed by atoms with Gasteiger partial charge in [0.25, 0.3) is 0 Å². The summed E-state index contributed by atoms with van der Waals surface area (Å²) < 4.78 is 2.26. The zero-order valence-electron chi connectivity index (χ0n) is 23.5. The molecule has 0 fully saturated rings. The zero-order valence-corrected chi connectivity index (χ0v) is 23.5. The number of nitrogens with zero attached hydrogens (tertiary/aromatic N) is 3. The van der Waals surface area contributed by atoms with Gasteiger partial charge in [0, 0.05) is 38.5 Å². The summed E-state index contributed by atoms with van der Waals surface area (Å²) in [6, 6.07) is 45.4. The van der Waals surface area contributed by atoms with Crippen molar-refractivity contribution in [1.29, 1.82) is 0 Å². The SMILES string of the molecule is C1=Cc2c(ccc3c(-c4ccc(-c5nc6ccccc6n5-c5ccccc5)cc4)c4ccc5ccccc5c4nc23)CC1. The molecule has 0 saturated carbocycles. The lowest BCUT2D eigenvalue weighted by atomic mass is 9.89. The van der Waals surface area contributed by atoms with Gasteiger partial charge in [-0.25, -0.2) is 9.97 Å². The van der Waals surface area contributed by atoms with Crippen molar-refractivity contribution < 1.29 is 0 Å². The highest BCUT2D eigenvalue weighted by molar-refractivity contribution is 6.18. The summed E-state index contributed by atoms with van der Waals surface area (Å²) >= 11 is 0. The van der Waals surface area contributed by atoms with Crippen LogP contribution in [0.1, 0.15) is 17.5 Å². The van der Waals surface area contributed by atoms with Crippen LogP contribution in [0.25, 0.3) is 77.9 Å².